The molecule has 36 heavy (non-hydrogen) atoms. The number of non-ortho nitro benzene ring substituents is 1. The van der Waals surface area contributed by atoms with Crippen LogP contribution >= 0.6 is 0 Å². The average Bonchev–Trinajstić information content (AvgIpc) is 3.34. The summed E-state index contributed by atoms with van der Waals surface area (Å²) in [6.07, 6.45) is 1.48. The molecule has 3 heterocycles. The molecule has 0 radical (unpaired) electrons. The van der Waals surface area contributed by atoms with Gasteiger partial charge in [0.25, 0.3) is 5.69 Å². The average molecular weight is 511 g/mol. The van der Waals surface area contributed by atoms with Crippen molar-refractivity contribution >= 4 is 15.8 Å². The summed E-state index contributed by atoms with van der Waals surface area (Å²) in [5.41, 5.74) is 3.74. The molecule has 3 aliphatic heterocycles. The molecular weight excluding hydrogens is 488 g/mol. The SMILES string of the molecule is COc1ccc2c(c1OS(=O)(=O)c1cccc([N+](=O)[O-])c1)CN1CCc3cc4c(cc3C1C2)OCO4. The molecule has 0 bridgehead atoms. The van der Waals surface area contributed by atoms with E-state index in [-0.39, 0.29) is 34.9 Å². The molecule has 0 saturated heterocycles. The van der Waals surface area contributed by atoms with Gasteiger partial charge in [0.15, 0.2) is 23.0 Å². The molecule has 3 aliphatic rings. The Kier molecular flexibility index (Phi) is 5.27. The summed E-state index contributed by atoms with van der Waals surface area (Å²) in [6, 6.07) is 12.6. The third-order valence-electron chi connectivity index (χ3n) is 6.93. The third-order valence-corrected chi connectivity index (χ3v) is 8.15. The lowest BCUT2D eigenvalue weighted by molar-refractivity contribution is -0.385. The molecular formula is C25H22N2O8S. The van der Waals surface area contributed by atoms with Gasteiger partial charge in [-0.15, -0.1) is 0 Å². The first-order valence-corrected chi connectivity index (χ1v) is 12.8. The fourth-order valence-electron chi connectivity index (χ4n) is 5.16. The second kappa shape index (κ2) is 8.38. The van der Waals surface area contributed by atoms with E-state index in [4.69, 9.17) is 18.4 Å². The van der Waals surface area contributed by atoms with Crippen molar-refractivity contribution in [3.8, 4) is 23.0 Å². The number of ether oxygens (including phenoxy) is 3. The van der Waals surface area contributed by atoms with Crippen LogP contribution < -0.4 is 18.4 Å². The van der Waals surface area contributed by atoms with Gasteiger partial charge in [0.2, 0.25) is 6.79 Å². The number of rotatable bonds is 5. The van der Waals surface area contributed by atoms with Crippen LogP contribution in [0.25, 0.3) is 0 Å². The quantitative estimate of drug-likeness (QED) is 0.287. The lowest BCUT2D eigenvalue weighted by atomic mass is 9.83. The van der Waals surface area contributed by atoms with E-state index >= 15 is 0 Å². The van der Waals surface area contributed by atoms with Crippen molar-refractivity contribution in [1.82, 2.24) is 4.90 Å². The summed E-state index contributed by atoms with van der Waals surface area (Å²) in [5.74, 6) is 1.90. The summed E-state index contributed by atoms with van der Waals surface area (Å²) in [7, 11) is -2.91. The highest BCUT2D eigenvalue weighted by Gasteiger charge is 2.36. The second-order valence-electron chi connectivity index (χ2n) is 8.87. The molecule has 186 valence electrons. The Bertz CT molecular complexity index is 1500. The van der Waals surface area contributed by atoms with E-state index in [2.05, 4.69) is 11.0 Å². The maximum Gasteiger partial charge on any atom is 0.339 e. The predicted octanol–water partition coefficient (Wildman–Crippen LogP) is 3.76. The molecule has 3 aromatic carbocycles. The van der Waals surface area contributed by atoms with Crippen molar-refractivity contribution < 1.29 is 31.7 Å². The first-order chi connectivity index (χ1) is 17.3. The van der Waals surface area contributed by atoms with Crippen LogP contribution in [0.2, 0.25) is 0 Å². The van der Waals surface area contributed by atoms with Gasteiger partial charge in [-0.05, 0) is 53.8 Å². The fraction of sp³-hybridized carbons (Fsp3) is 0.280. The Morgan fingerprint density at radius 1 is 1.08 bits per heavy atom. The fourth-order valence-corrected chi connectivity index (χ4v) is 6.17. The van der Waals surface area contributed by atoms with Crippen molar-refractivity contribution in [3.05, 3.63) is 80.9 Å². The maximum atomic E-state index is 13.1. The number of hydrogen-bond acceptors (Lipinski definition) is 9. The van der Waals surface area contributed by atoms with Gasteiger partial charge >= 0.3 is 10.1 Å². The molecule has 11 heteroatoms. The number of fused-ring (bicyclic) bond motifs is 5. The molecule has 0 spiro atoms. The Morgan fingerprint density at radius 2 is 1.89 bits per heavy atom. The molecule has 0 aliphatic carbocycles. The summed E-state index contributed by atoms with van der Waals surface area (Å²) in [5, 5.41) is 11.1. The number of hydrogen-bond donors (Lipinski definition) is 0. The highest BCUT2D eigenvalue weighted by atomic mass is 32.2. The third kappa shape index (κ3) is 3.71. The molecule has 1 unspecified atom stereocenters. The zero-order valence-electron chi connectivity index (χ0n) is 19.3. The largest absolute Gasteiger partial charge is 0.493 e. The van der Waals surface area contributed by atoms with Gasteiger partial charge in [0, 0.05) is 36.8 Å². The van der Waals surface area contributed by atoms with Crippen molar-refractivity contribution in [2.45, 2.75) is 30.3 Å². The Balaban J connectivity index is 1.37. The topological polar surface area (TPSA) is 117 Å². The lowest BCUT2D eigenvalue weighted by Crippen LogP contribution is -2.39. The number of nitro benzene ring substituents is 1. The minimum Gasteiger partial charge on any atom is -0.493 e. The minimum atomic E-state index is -4.35. The van der Waals surface area contributed by atoms with Crippen molar-refractivity contribution in [3.63, 3.8) is 0 Å². The Labute approximate surface area is 207 Å². The van der Waals surface area contributed by atoms with Crippen LogP contribution in [0.1, 0.15) is 28.3 Å². The minimum absolute atomic E-state index is 0.102. The molecule has 6 rings (SSSR count). The molecule has 1 atom stereocenters. The van der Waals surface area contributed by atoms with Gasteiger partial charge in [0.1, 0.15) is 4.90 Å². The zero-order chi connectivity index (χ0) is 25.0. The van der Waals surface area contributed by atoms with Gasteiger partial charge in [-0.1, -0.05) is 12.1 Å². The van der Waals surface area contributed by atoms with Gasteiger partial charge < -0.3 is 18.4 Å². The van der Waals surface area contributed by atoms with Crippen LogP contribution in [0.5, 0.6) is 23.0 Å². The molecule has 3 aromatic rings. The van der Waals surface area contributed by atoms with Gasteiger partial charge in [0.05, 0.1) is 12.0 Å². The van der Waals surface area contributed by atoms with Crippen LogP contribution in [0.15, 0.2) is 53.4 Å². The molecule has 10 nitrogen and oxygen atoms in total. The van der Waals surface area contributed by atoms with Crippen molar-refractivity contribution in [2.24, 2.45) is 0 Å². The predicted molar refractivity (Wildman–Crippen MR) is 127 cm³/mol. The summed E-state index contributed by atoms with van der Waals surface area (Å²) in [6.45, 7) is 1.46. The summed E-state index contributed by atoms with van der Waals surface area (Å²) in [4.78, 5) is 12.5. The Morgan fingerprint density at radius 3 is 2.67 bits per heavy atom. The highest BCUT2D eigenvalue weighted by Crippen LogP contribution is 2.47. The van der Waals surface area contributed by atoms with Crippen LogP contribution in [0, 0.1) is 10.1 Å². The number of nitro groups is 1. The van der Waals surface area contributed by atoms with Crippen molar-refractivity contribution in [2.75, 3.05) is 20.4 Å². The standard InChI is InChI=1S/C25H22N2O8S/c1-32-22-6-5-15-9-21-19-12-24-23(33-14-34-24)10-16(19)7-8-26(21)13-20(15)25(22)35-36(30,31)18-4-2-3-17(11-18)27(28)29/h2-6,10-12,21H,7-9,13-14H2,1H3. The van der Waals surface area contributed by atoms with Crippen LogP contribution in [0.3, 0.4) is 0 Å². The van der Waals surface area contributed by atoms with E-state index < -0.39 is 15.0 Å². The molecule has 0 fully saturated rings. The number of methoxy groups -OCH3 is 1. The first-order valence-electron chi connectivity index (χ1n) is 11.4. The van der Waals surface area contributed by atoms with Gasteiger partial charge in [-0.3, -0.25) is 15.0 Å². The molecule has 0 aromatic heterocycles. The molecule has 0 amide bonds. The normalized spacial score (nSPS) is 18.1. The van der Waals surface area contributed by atoms with Crippen LogP contribution in [0.4, 0.5) is 5.69 Å². The number of nitrogens with zero attached hydrogens (tertiary/aromatic N) is 2. The summed E-state index contributed by atoms with van der Waals surface area (Å²) >= 11 is 0. The number of benzene rings is 3. The van der Waals surface area contributed by atoms with Gasteiger partial charge in [-0.25, -0.2) is 0 Å². The van der Waals surface area contributed by atoms with E-state index in [1.807, 2.05) is 12.1 Å². The van der Waals surface area contributed by atoms with E-state index in [9.17, 15) is 18.5 Å². The smallest absolute Gasteiger partial charge is 0.339 e. The summed E-state index contributed by atoms with van der Waals surface area (Å²) < 4.78 is 48.5. The second-order valence-corrected chi connectivity index (χ2v) is 10.4. The first kappa shape index (κ1) is 22.6. The lowest BCUT2D eigenvalue weighted by Gasteiger charge is -2.41. The monoisotopic (exact) mass is 510 g/mol. The maximum absolute atomic E-state index is 13.1. The van der Waals surface area contributed by atoms with Gasteiger partial charge in [-0.2, -0.15) is 8.42 Å². The van der Waals surface area contributed by atoms with Crippen LogP contribution in [-0.2, 0) is 29.5 Å². The van der Waals surface area contributed by atoms with E-state index in [0.29, 0.717) is 13.0 Å². The van der Waals surface area contributed by atoms with Crippen LogP contribution in [-0.4, -0.2) is 38.7 Å². The van der Waals surface area contributed by atoms with E-state index in [1.54, 1.807) is 6.07 Å². The van der Waals surface area contributed by atoms with Crippen molar-refractivity contribution in [1.29, 1.82) is 0 Å². The highest BCUT2D eigenvalue weighted by molar-refractivity contribution is 7.87. The molecule has 0 N–H and O–H groups in total. The zero-order valence-corrected chi connectivity index (χ0v) is 20.1. The van der Waals surface area contributed by atoms with E-state index in [1.165, 1.54) is 36.4 Å². The Hall–Kier alpha value is -3.83. The molecule has 0 saturated carbocycles. The van der Waals surface area contributed by atoms with E-state index in [0.717, 1.165) is 41.7 Å².